The molecule has 0 spiro atoms. The lowest BCUT2D eigenvalue weighted by molar-refractivity contribution is 0.194. The third-order valence-electron chi connectivity index (χ3n) is 2.63. The Labute approximate surface area is 76.7 Å². The predicted octanol–water partition coefficient (Wildman–Crippen LogP) is 1.92. The smallest absolute Gasteiger partial charge is 0.121 e. The van der Waals surface area contributed by atoms with Crippen molar-refractivity contribution in [2.45, 2.75) is 37.9 Å². The highest BCUT2D eigenvalue weighted by Crippen LogP contribution is 2.30. The Balaban J connectivity index is 2.12. The Hall–Kier alpha value is -1.06. The van der Waals surface area contributed by atoms with E-state index in [1.807, 2.05) is 0 Å². The lowest BCUT2D eigenvalue weighted by atomic mass is 9.94. The summed E-state index contributed by atoms with van der Waals surface area (Å²) in [5.74, 6) is 0.638. The summed E-state index contributed by atoms with van der Waals surface area (Å²) < 4.78 is 14.8. The van der Waals surface area contributed by atoms with Crippen LogP contribution in [0.25, 0.3) is 0 Å². The molecule has 72 valence electrons. The summed E-state index contributed by atoms with van der Waals surface area (Å²) in [6.07, 6.45) is 4.17. The normalized spacial score (nSPS) is 29.0. The second-order valence-corrected chi connectivity index (χ2v) is 3.62. The SMILES string of the molecule is Nc1ccnn1C1CCCC(F)C1. The molecule has 1 saturated carbocycles. The number of alkyl halides is 1. The minimum Gasteiger partial charge on any atom is -0.384 e. The first-order chi connectivity index (χ1) is 6.27. The number of hydrogen-bond donors (Lipinski definition) is 1. The van der Waals surface area contributed by atoms with Crippen LogP contribution in [0.1, 0.15) is 31.7 Å². The van der Waals surface area contributed by atoms with Gasteiger partial charge in [0.05, 0.1) is 12.2 Å². The second-order valence-electron chi connectivity index (χ2n) is 3.62. The van der Waals surface area contributed by atoms with Crippen molar-refractivity contribution in [1.29, 1.82) is 0 Å². The van der Waals surface area contributed by atoms with Gasteiger partial charge in [-0.2, -0.15) is 5.10 Å². The van der Waals surface area contributed by atoms with Gasteiger partial charge >= 0.3 is 0 Å². The number of nitrogens with zero attached hydrogens (tertiary/aromatic N) is 2. The maximum Gasteiger partial charge on any atom is 0.121 e. The van der Waals surface area contributed by atoms with Crippen molar-refractivity contribution < 1.29 is 4.39 Å². The summed E-state index contributed by atoms with van der Waals surface area (Å²) >= 11 is 0. The molecular formula is C9H14FN3. The first kappa shape index (κ1) is 8.53. The molecule has 0 radical (unpaired) electrons. The molecule has 0 amide bonds. The Morgan fingerprint density at radius 1 is 1.54 bits per heavy atom. The highest BCUT2D eigenvalue weighted by molar-refractivity contribution is 5.26. The molecule has 0 aromatic carbocycles. The molecule has 3 nitrogen and oxygen atoms in total. The molecule has 2 rings (SSSR count). The van der Waals surface area contributed by atoms with Crippen LogP contribution in [0.5, 0.6) is 0 Å². The van der Waals surface area contributed by atoms with Crippen molar-refractivity contribution in [3.05, 3.63) is 12.3 Å². The van der Waals surface area contributed by atoms with E-state index < -0.39 is 6.17 Å². The molecule has 2 atom stereocenters. The Morgan fingerprint density at radius 2 is 2.38 bits per heavy atom. The maximum absolute atomic E-state index is 13.1. The lowest BCUT2D eigenvalue weighted by Crippen LogP contribution is -2.21. The molecule has 13 heavy (non-hydrogen) atoms. The van der Waals surface area contributed by atoms with E-state index in [2.05, 4.69) is 5.10 Å². The molecule has 1 heterocycles. The molecule has 1 aliphatic rings. The van der Waals surface area contributed by atoms with E-state index in [1.54, 1.807) is 16.9 Å². The molecule has 4 heteroatoms. The Bertz CT molecular complexity index is 284. The third kappa shape index (κ3) is 1.66. The summed E-state index contributed by atoms with van der Waals surface area (Å²) in [6.45, 7) is 0. The zero-order chi connectivity index (χ0) is 9.26. The van der Waals surface area contributed by atoms with E-state index in [0.29, 0.717) is 18.7 Å². The van der Waals surface area contributed by atoms with Crippen LogP contribution in [0, 0.1) is 0 Å². The number of nitrogens with two attached hydrogens (primary N) is 1. The Morgan fingerprint density at radius 3 is 3.00 bits per heavy atom. The van der Waals surface area contributed by atoms with Gasteiger partial charge in [-0.3, -0.25) is 0 Å². The van der Waals surface area contributed by atoms with Crippen LogP contribution in [0.3, 0.4) is 0 Å². The molecule has 2 N–H and O–H groups in total. The average Bonchev–Trinajstić information content (AvgIpc) is 2.51. The van der Waals surface area contributed by atoms with Crippen LogP contribution in [0.2, 0.25) is 0 Å². The fourth-order valence-electron chi connectivity index (χ4n) is 1.96. The largest absolute Gasteiger partial charge is 0.384 e. The summed E-state index contributed by atoms with van der Waals surface area (Å²) in [5, 5.41) is 4.10. The molecule has 1 aromatic heterocycles. The fraction of sp³-hybridized carbons (Fsp3) is 0.667. The minimum absolute atomic E-state index is 0.166. The van der Waals surface area contributed by atoms with Crippen LogP contribution in [-0.4, -0.2) is 16.0 Å². The van der Waals surface area contributed by atoms with E-state index in [9.17, 15) is 4.39 Å². The van der Waals surface area contributed by atoms with Gasteiger partial charge in [0.25, 0.3) is 0 Å². The zero-order valence-electron chi connectivity index (χ0n) is 7.49. The van der Waals surface area contributed by atoms with Crippen molar-refractivity contribution in [2.24, 2.45) is 0 Å². The summed E-state index contributed by atoms with van der Waals surface area (Å²) in [4.78, 5) is 0. The van der Waals surface area contributed by atoms with Gasteiger partial charge in [-0.05, 0) is 25.3 Å². The summed E-state index contributed by atoms with van der Waals surface area (Å²) in [7, 11) is 0. The number of anilines is 1. The Kier molecular flexibility index (Phi) is 2.20. The molecular weight excluding hydrogens is 169 g/mol. The van der Waals surface area contributed by atoms with Gasteiger partial charge in [0, 0.05) is 6.42 Å². The van der Waals surface area contributed by atoms with Crippen LogP contribution >= 0.6 is 0 Å². The first-order valence-electron chi connectivity index (χ1n) is 4.70. The van der Waals surface area contributed by atoms with Crippen LogP contribution in [0.15, 0.2) is 12.3 Å². The van der Waals surface area contributed by atoms with Crippen molar-refractivity contribution in [2.75, 3.05) is 5.73 Å². The first-order valence-corrected chi connectivity index (χ1v) is 4.70. The van der Waals surface area contributed by atoms with Gasteiger partial charge in [0.2, 0.25) is 0 Å². The summed E-state index contributed by atoms with van der Waals surface area (Å²) in [5.41, 5.74) is 5.69. The van der Waals surface area contributed by atoms with E-state index in [1.165, 1.54) is 0 Å². The molecule has 1 aromatic rings. The van der Waals surface area contributed by atoms with E-state index in [0.717, 1.165) is 12.8 Å². The highest BCUT2D eigenvalue weighted by Gasteiger charge is 2.23. The van der Waals surface area contributed by atoms with Gasteiger partial charge in [-0.25, -0.2) is 9.07 Å². The quantitative estimate of drug-likeness (QED) is 0.722. The van der Waals surface area contributed by atoms with Gasteiger partial charge in [0.15, 0.2) is 0 Å². The van der Waals surface area contributed by atoms with E-state index in [-0.39, 0.29) is 6.04 Å². The highest BCUT2D eigenvalue weighted by atomic mass is 19.1. The fourth-order valence-corrected chi connectivity index (χ4v) is 1.96. The number of hydrogen-bond acceptors (Lipinski definition) is 2. The summed E-state index contributed by atoms with van der Waals surface area (Å²) in [6, 6.07) is 1.92. The van der Waals surface area contributed by atoms with Crippen LogP contribution < -0.4 is 5.73 Å². The number of rotatable bonds is 1. The molecule has 1 aliphatic carbocycles. The van der Waals surface area contributed by atoms with Crippen molar-refractivity contribution >= 4 is 5.82 Å². The molecule has 2 unspecified atom stereocenters. The molecule has 0 aliphatic heterocycles. The number of nitrogen functional groups attached to an aromatic ring is 1. The number of halogens is 1. The van der Waals surface area contributed by atoms with Gasteiger partial charge in [0.1, 0.15) is 12.0 Å². The third-order valence-corrected chi connectivity index (χ3v) is 2.63. The van der Waals surface area contributed by atoms with Crippen LogP contribution in [-0.2, 0) is 0 Å². The average molecular weight is 183 g/mol. The van der Waals surface area contributed by atoms with Gasteiger partial charge in [-0.1, -0.05) is 0 Å². The molecule has 0 saturated heterocycles. The number of aromatic nitrogens is 2. The second kappa shape index (κ2) is 3.36. The topological polar surface area (TPSA) is 43.8 Å². The van der Waals surface area contributed by atoms with Gasteiger partial charge in [-0.15, -0.1) is 0 Å². The van der Waals surface area contributed by atoms with Gasteiger partial charge < -0.3 is 5.73 Å². The van der Waals surface area contributed by atoms with Crippen LogP contribution in [0.4, 0.5) is 10.2 Å². The maximum atomic E-state index is 13.1. The van der Waals surface area contributed by atoms with Crippen molar-refractivity contribution in [3.8, 4) is 0 Å². The zero-order valence-corrected chi connectivity index (χ0v) is 7.49. The predicted molar refractivity (Wildman–Crippen MR) is 49.0 cm³/mol. The molecule has 0 bridgehead atoms. The standard InChI is InChI=1S/C9H14FN3/c10-7-2-1-3-8(6-7)13-9(11)4-5-12-13/h4-5,7-8H,1-3,6,11H2. The van der Waals surface area contributed by atoms with E-state index >= 15 is 0 Å². The molecule has 1 fully saturated rings. The minimum atomic E-state index is -0.678. The van der Waals surface area contributed by atoms with E-state index in [4.69, 9.17) is 5.73 Å². The monoisotopic (exact) mass is 183 g/mol. The lowest BCUT2D eigenvalue weighted by Gasteiger charge is -2.25. The van der Waals surface area contributed by atoms with Crippen molar-refractivity contribution in [3.63, 3.8) is 0 Å². The van der Waals surface area contributed by atoms with Crippen molar-refractivity contribution in [1.82, 2.24) is 9.78 Å².